The van der Waals surface area contributed by atoms with E-state index in [2.05, 4.69) is 11.8 Å². The van der Waals surface area contributed by atoms with E-state index in [4.69, 9.17) is 19.9 Å². The van der Waals surface area contributed by atoms with Gasteiger partial charge in [-0.25, -0.2) is 0 Å². The van der Waals surface area contributed by atoms with Crippen molar-refractivity contribution < 1.29 is 14.2 Å². The van der Waals surface area contributed by atoms with E-state index in [-0.39, 0.29) is 6.10 Å². The zero-order valence-corrected chi connectivity index (χ0v) is 14.9. The lowest BCUT2D eigenvalue weighted by atomic mass is 10.1. The normalized spacial score (nSPS) is 16.1. The van der Waals surface area contributed by atoms with Gasteiger partial charge in [-0.2, -0.15) is 0 Å². The van der Waals surface area contributed by atoms with Crippen LogP contribution in [-0.4, -0.2) is 32.9 Å². The van der Waals surface area contributed by atoms with Crippen molar-refractivity contribution in [3.63, 3.8) is 0 Å². The van der Waals surface area contributed by atoms with Crippen molar-refractivity contribution in [2.75, 3.05) is 37.4 Å². The lowest BCUT2D eigenvalue weighted by Crippen LogP contribution is -2.40. The van der Waals surface area contributed by atoms with Gasteiger partial charge in [-0.1, -0.05) is 6.92 Å². The molecule has 0 bridgehead atoms. The van der Waals surface area contributed by atoms with Gasteiger partial charge < -0.3 is 24.8 Å². The number of nitrogens with zero attached hydrogens (tertiary/aromatic N) is 1. The molecule has 5 heteroatoms. The lowest BCUT2D eigenvalue weighted by Gasteiger charge is -2.36. The molecule has 3 rings (SSSR count). The van der Waals surface area contributed by atoms with Crippen LogP contribution in [0.25, 0.3) is 0 Å². The van der Waals surface area contributed by atoms with Crippen LogP contribution >= 0.6 is 0 Å². The standard InChI is InChI=1S/C20H26N2O3/c1-3-16-14-22(19-10-5-15(21)13-20(19)25-16)11-4-12-24-18-8-6-17(23-2)7-9-18/h5-10,13,16H,3-4,11-12,14,21H2,1-2H3. The van der Waals surface area contributed by atoms with E-state index in [1.807, 2.05) is 42.5 Å². The van der Waals surface area contributed by atoms with Crippen LogP contribution < -0.4 is 24.8 Å². The molecule has 0 saturated heterocycles. The maximum atomic E-state index is 6.02. The third-order valence-corrected chi connectivity index (χ3v) is 4.40. The van der Waals surface area contributed by atoms with Crippen LogP contribution in [0.15, 0.2) is 42.5 Å². The molecule has 1 heterocycles. The average Bonchev–Trinajstić information content (AvgIpc) is 2.65. The van der Waals surface area contributed by atoms with E-state index in [0.717, 1.165) is 54.6 Å². The number of hydrogen-bond donors (Lipinski definition) is 1. The summed E-state index contributed by atoms with van der Waals surface area (Å²) in [6.07, 6.45) is 2.12. The molecule has 2 aromatic carbocycles. The molecule has 0 aliphatic carbocycles. The molecule has 0 saturated carbocycles. The molecule has 0 fully saturated rings. The molecule has 0 amide bonds. The Morgan fingerprint density at radius 1 is 1.16 bits per heavy atom. The van der Waals surface area contributed by atoms with Gasteiger partial charge in [-0.05, 0) is 49.2 Å². The zero-order chi connectivity index (χ0) is 17.6. The number of hydrogen-bond acceptors (Lipinski definition) is 5. The molecule has 1 aliphatic rings. The molecule has 1 unspecified atom stereocenters. The van der Waals surface area contributed by atoms with Crippen LogP contribution in [0.1, 0.15) is 19.8 Å². The topological polar surface area (TPSA) is 57.0 Å². The Bertz CT molecular complexity index is 688. The van der Waals surface area contributed by atoms with Gasteiger partial charge in [0.2, 0.25) is 0 Å². The van der Waals surface area contributed by atoms with Crippen LogP contribution in [0.4, 0.5) is 11.4 Å². The van der Waals surface area contributed by atoms with E-state index < -0.39 is 0 Å². The van der Waals surface area contributed by atoms with Gasteiger partial charge in [-0.15, -0.1) is 0 Å². The van der Waals surface area contributed by atoms with Crippen molar-refractivity contribution in [2.24, 2.45) is 0 Å². The highest BCUT2D eigenvalue weighted by atomic mass is 16.5. The van der Waals surface area contributed by atoms with Gasteiger partial charge in [0.05, 0.1) is 25.9 Å². The fraction of sp³-hybridized carbons (Fsp3) is 0.400. The highest BCUT2D eigenvalue weighted by Crippen LogP contribution is 2.35. The summed E-state index contributed by atoms with van der Waals surface area (Å²) in [6, 6.07) is 13.6. The van der Waals surface area contributed by atoms with E-state index >= 15 is 0 Å². The van der Waals surface area contributed by atoms with Crippen LogP contribution in [-0.2, 0) is 0 Å². The number of nitrogen functional groups attached to an aromatic ring is 1. The molecular formula is C20H26N2O3. The summed E-state index contributed by atoms with van der Waals surface area (Å²) in [4.78, 5) is 2.36. The van der Waals surface area contributed by atoms with Crippen molar-refractivity contribution in [1.82, 2.24) is 0 Å². The average molecular weight is 342 g/mol. The molecule has 134 valence electrons. The number of methoxy groups -OCH3 is 1. The van der Waals surface area contributed by atoms with Crippen LogP contribution in [0.2, 0.25) is 0 Å². The number of anilines is 2. The minimum atomic E-state index is 0.205. The fourth-order valence-corrected chi connectivity index (χ4v) is 2.99. The Labute approximate surface area is 149 Å². The Balaban J connectivity index is 1.55. The van der Waals surface area contributed by atoms with Crippen molar-refractivity contribution in [3.8, 4) is 17.2 Å². The first-order valence-corrected chi connectivity index (χ1v) is 8.77. The van der Waals surface area contributed by atoms with Crippen LogP contribution in [0.3, 0.4) is 0 Å². The minimum Gasteiger partial charge on any atom is -0.497 e. The predicted octanol–water partition coefficient (Wildman–Crippen LogP) is 3.72. The number of fused-ring (bicyclic) bond motifs is 1. The molecule has 0 aromatic heterocycles. The molecule has 1 aliphatic heterocycles. The number of rotatable bonds is 7. The van der Waals surface area contributed by atoms with Gasteiger partial charge in [0.25, 0.3) is 0 Å². The predicted molar refractivity (Wildman–Crippen MR) is 101 cm³/mol. The van der Waals surface area contributed by atoms with E-state index in [1.54, 1.807) is 7.11 Å². The second-order valence-electron chi connectivity index (χ2n) is 6.20. The third-order valence-electron chi connectivity index (χ3n) is 4.40. The summed E-state index contributed by atoms with van der Waals surface area (Å²) in [6.45, 7) is 4.64. The quantitative estimate of drug-likeness (QED) is 0.614. The van der Waals surface area contributed by atoms with Gasteiger partial charge in [0, 0.05) is 18.3 Å². The molecule has 25 heavy (non-hydrogen) atoms. The van der Waals surface area contributed by atoms with Gasteiger partial charge in [-0.3, -0.25) is 0 Å². The van der Waals surface area contributed by atoms with Crippen molar-refractivity contribution in [3.05, 3.63) is 42.5 Å². The SMILES string of the molecule is CCC1CN(CCCOc2ccc(OC)cc2)c2ccc(N)cc2O1. The smallest absolute Gasteiger partial charge is 0.145 e. The Morgan fingerprint density at radius 3 is 2.64 bits per heavy atom. The number of benzene rings is 2. The Kier molecular flexibility index (Phi) is 5.53. The largest absolute Gasteiger partial charge is 0.497 e. The van der Waals surface area contributed by atoms with Crippen LogP contribution in [0, 0.1) is 0 Å². The number of ether oxygens (including phenoxy) is 3. The zero-order valence-electron chi connectivity index (χ0n) is 14.9. The first kappa shape index (κ1) is 17.3. The maximum Gasteiger partial charge on any atom is 0.145 e. The van der Waals surface area contributed by atoms with Crippen molar-refractivity contribution in [1.29, 1.82) is 0 Å². The summed E-state index contributed by atoms with van der Waals surface area (Å²) in [5.41, 5.74) is 7.74. The molecule has 0 spiro atoms. The van der Waals surface area contributed by atoms with Gasteiger partial charge >= 0.3 is 0 Å². The summed E-state index contributed by atoms with van der Waals surface area (Å²) in [5, 5.41) is 0. The van der Waals surface area contributed by atoms with Gasteiger partial charge in [0.1, 0.15) is 23.4 Å². The second-order valence-corrected chi connectivity index (χ2v) is 6.20. The third kappa shape index (κ3) is 4.29. The Morgan fingerprint density at radius 2 is 1.92 bits per heavy atom. The minimum absolute atomic E-state index is 0.205. The highest BCUT2D eigenvalue weighted by Gasteiger charge is 2.24. The fourth-order valence-electron chi connectivity index (χ4n) is 2.99. The van der Waals surface area contributed by atoms with E-state index in [9.17, 15) is 0 Å². The summed E-state index contributed by atoms with van der Waals surface area (Å²) >= 11 is 0. The van der Waals surface area contributed by atoms with Gasteiger partial charge in [0.15, 0.2) is 0 Å². The summed E-state index contributed by atoms with van der Waals surface area (Å²) in [5.74, 6) is 2.58. The summed E-state index contributed by atoms with van der Waals surface area (Å²) < 4.78 is 17.0. The molecule has 2 aromatic rings. The van der Waals surface area contributed by atoms with Crippen LogP contribution in [0.5, 0.6) is 17.2 Å². The Hall–Kier alpha value is -2.56. The number of nitrogens with two attached hydrogens (primary N) is 1. The lowest BCUT2D eigenvalue weighted by molar-refractivity contribution is 0.188. The maximum absolute atomic E-state index is 6.02. The molecule has 2 N–H and O–H groups in total. The monoisotopic (exact) mass is 342 g/mol. The second kappa shape index (κ2) is 8.01. The van der Waals surface area contributed by atoms with Crippen molar-refractivity contribution in [2.45, 2.75) is 25.9 Å². The van der Waals surface area contributed by atoms with Crippen molar-refractivity contribution >= 4 is 11.4 Å². The first-order chi connectivity index (χ1) is 12.2. The molecular weight excluding hydrogens is 316 g/mol. The highest BCUT2D eigenvalue weighted by molar-refractivity contribution is 5.65. The summed E-state index contributed by atoms with van der Waals surface area (Å²) in [7, 11) is 1.66. The molecule has 0 radical (unpaired) electrons. The van der Waals surface area contributed by atoms with E-state index in [1.165, 1.54) is 0 Å². The first-order valence-electron chi connectivity index (χ1n) is 8.77. The molecule has 5 nitrogen and oxygen atoms in total. The molecule has 1 atom stereocenters. The van der Waals surface area contributed by atoms with E-state index in [0.29, 0.717) is 6.61 Å².